The minimum atomic E-state index is -2.88. The molecular formula is C30H36O8. The van der Waals surface area contributed by atoms with Gasteiger partial charge in [-0.2, -0.15) is 0 Å². The van der Waals surface area contributed by atoms with Crippen LogP contribution in [0.15, 0.2) is 47.5 Å². The summed E-state index contributed by atoms with van der Waals surface area (Å²) in [5, 5.41) is 58.3. The highest BCUT2D eigenvalue weighted by molar-refractivity contribution is 6.25. The van der Waals surface area contributed by atoms with Crippen molar-refractivity contribution in [2.75, 3.05) is 0 Å². The van der Waals surface area contributed by atoms with Crippen LogP contribution in [0.25, 0.3) is 0 Å². The summed E-state index contributed by atoms with van der Waals surface area (Å²) >= 11 is 0. The number of rotatable bonds is 5. The van der Waals surface area contributed by atoms with Gasteiger partial charge in [-0.15, -0.1) is 6.58 Å². The number of aromatic hydroxyl groups is 1. The van der Waals surface area contributed by atoms with Gasteiger partial charge in [0, 0.05) is 16.7 Å². The van der Waals surface area contributed by atoms with Crippen molar-refractivity contribution in [1.29, 1.82) is 0 Å². The molecule has 3 aliphatic carbocycles. The number of carbonyl (C=O) groups is 3. The lowest BCUT2D eigenvalue weighted by molar-refractivity contribution is -0.211. The molecule has 0 spiro atoms. The summed E-state index contributed by atoms with van der Waals surface area (Å²) in [4.78, 5) is 40.3. The molecule has 0 amide bonds. The average Bonchev–Trinajstić information content (AvgIpc) is 2.83. The number of Topliss-reactive ketones (excluding diaryl/α,β-unsaturated/α-hetero) is 3. The van der Waals surface area contributed by atoms with E-state index < -0.39 is 74.7 Å². The molecule has 0 aliphatic heterocycles. The number of hydrogen-bond acceptors (Lipinski definition) is 8. The third kappa shape index (κ3) is 3.01. The summed E-state index contributed by atoms with van der Waals surface area (Å²) in [6, 6.07) is 3.42. The van der Waals surface area contributed by atoms with Crippen LogP contribution in [0.4, 0.5) is 0 Å². The van der Waals surface area contributed by atoms with E-state index in [4.69, 9.17) is 0 Å². The van der Waals surface area contributed by atoms with Gasteiger partial charge in [0.1, 0.15) is 22.8 Å². The lowest BCUT2D eigenvalue weighted by Crippen LogP contribution is -2.73. The number of aryl methyl sites for hydroxylation is 1. The molecule has 8 heteroatoms. The van der Waals surface area contributed by atoms with Crippen molar-refractivity contribution < 1.29 is 39.9 Å². The standard InChI is InChI=1S/C30H36O8/c1-8-9-10-16-11-12-17-14(4)28(6)21(24(34)19(17)22(16)32)26(36)30(38)25(35)18(15(5)31)23(33)20(13(2)3)29(30,7)27(28)37/h8,11-14,20,27,32-33,36-38H,1,9-10H2,2-7H3/t14-,20?,27-,28+,29+,30+/m1/s1. The molecule has 204 valence electrons. The summed E-state index contributed by atoms with van der Waals surface area (Å²) in [5.74, 6) is -6.95. The fourth-order valence-corrected chi connectivity index (χ4v) is 7.44. The summed E-state index contributed by atoms with van der Waals surface area (Å²) in [7, 11) is 0. The quantitative estimate of drug-likeness (QED) is 0.286. The Labute approximate surface area is 222 Å². The van der Waals surface area contributed by atoms with Crippen LogP contribution in [-0.4, -0.2) is 54.6 Å². The van der Waals surface area contributed by atoms with E-state index in [2.05, 4.69) is 6.58 Å². The Morgan fingerprint density at radius 1 is 1.16 bits per heavy atom. The normalized spacial score (nSPS) is 34.7. The van der Waals surface area contributed by atoms with Crippen LogP contribution in [0.5, 0.6) is 5.75 Å². The van der Waals surface area contributed by atoms with E-state index in [0.29, 0.717) is 24.0 Å². The van der Waals surface area contributed by atoms with Crippen molar-refractivity contribution in [1.82, 2.24) is 0 Å². The average molecular weight is 525 g/mol. The van der Waals surface area contributed by atoms with Crippen molar-refractivity contribution in [2.45, 2.75) is 72.0 Å². The van der Waals surface area contributed by atoms with Crippen LogP contribution in [0.2, 0.25) is 0 Å². The van der Waals surface area contributed by atoms with E-state index in [1.54, 1.807) is 45.9 Å². The molecule has 0 heterocycles. The van der Waals surface area contributed by atoms with Crippen LogP contribution in [0.3, 0.4) is 0 Å². The van der Waals surface area contributed by atoms with Crippen LogP contribution >= 0.6 is 0 Å². The number of benzene rings is 1. The second-order valence-electron chi connectivity index (χ2n) is 11.7. The molecule has 0 fully saturated rings. The van der Waals surface area contributed by atoms with E-state index in [1.807, 2.05) is 0 Å². The first-order chi connectivity index (χ1) is 17.6. The fraction of sp³-hybridized carbons (Fsp3) is 0.500. The highest BCUT2D eigenvalue weighted by atomic mass is 16.4. The molecule has 1 unspecified atom stereocenters. The third-order valence-corrected chi connectivity index (χ3v) is 9.54. The van der Waals surface area contributed by atoms with Gasteiger partial charge >= 0.3 is 0 Å². The summed E-state index contributed by atoms with van der Waals surface area (Å²) in [5.41, 5.74) is -6.49. The van der Waals surface area contributed by atoms with Gasteiger partial charge in [-0.3, -0.25) is 14.4 Å². The first kappa shape index (κ1) is 27.8. The van der Waals surface area contributed by atoms with Gasteiger partial charge in [0.05, 0.1) is 17.2 Å². The molecule has 0 radical (unpaired) electrons. The molecule has 3 aliphatic rings. The summed E-state index contributed by atoms with van der Waals surface area (Å²) in [6.07, 6.45) is 1.01. The SMILES string of the molecule is C=CCCc1ccc2c(c1O)C(=O)C1=C(O)[C@@]3(O)C(=O)C(C(C)=O)=C(O)C(C(C)C)[C@@]3(C)[C@H](O)[C@@]1(C)[C@@H]2C. The van der Waals surface area contributed by atoms with Gasteiger partial charge in [-0.05, 0) is 42.7 Å². The molecule has 0 saturated heterocycles. The van der Waals surface area contributed by atoms with Gasteiger partial charge in [-0.25, -0.2) is 0 Å². The van der Waals surface area contributed by atoms with Gasteiger partial charge in [-0.1, -0.05) is 52.8 Å². The van der Waals surface area contributed by atoms with E-state index in [9.17, 15) is 39.9 Å². The number of ketones is 3. The number of phenolic OH excluding ortho intramolecular Hbond substituents is 1. The Morgan fingerprint density at radius 3 is 2.29 bits per heavy atom. The molecule has 6 atom stereocenters. The topological polar surface area (TPSA) is 152 Å². The van der Waals surface area contributed by atoms with Crippen LogP contribution in [0, 0.1) is 22.7 Å². The fourth-order valence-electron chi connectivity index (χ4n) is 7.44. The number of phenols is 1. The van der Waals surface area contributed by atoms with Gasteiger partial charge in [0.25, 0.3) is 0 Å². The van der Waals surface area contributed by atoms with Gasteiger partial charge in [0.15, 0.2) is 17.2 Å². The maximum atomic E-state index is 14.1. The van der Waals surface area contributed by atoms with Crippen LogP contribution in [0.1, 0.15) is 75.4 Å². The van der Waals surface area contributed by atoms with Crippen molar-refractivity contribution in [3.8, 4) is 5.75 Å². The second kappa shape index (κ2) is 8.64. The van der Waals surface area contributed by atoms with Crippen LogP contribution in [-0.2, 0) is 16.0 Å². The Bertz CT molecular complexity index is 1350. The van der Waals surface area contributed by atoms with Gasteiger partial charge < -0.3 is 25.5 Å². The Hall–Kier alpha value is -3.23. The molecule has 8 nitrogen and oxygen atoms in total. The summed E-state index contributed by atoms with van der Waals surface area (Å²) in [6.45, 7) is 12.9. The molecule has 0 aromatic heterocycles. The first-order valence-electron chi connectivity index (χ1n) is 12.9. The second-order valence-corrected chi connectivity index (χ2v) is 11.7. The highest BCUT2D eigenvalue weighted by Gasteiger charge is 2.76. The number of fused-ring (bicyclic) bond motifs is 3. The lowest BCUT2D eigenvalue weighted by Gasteiger charge is -2.63. The van der Waals surface area contributed by atoms with Gasteiger partial charge in [0.2, 0.25) is 5.78 Å². The Balaban J connectivity index is 2.11. The van der Waals surface area contributed by atoms with Crippen LogP contribution < -0.4 is 0 Å². The number of carbonyl (C=O) groups excluding carboxylic acids is 3. The molecule has 0 bridgehead atoms. The maximum Gasteiger partial charge on any atom is 0.209 e. The zero-order valence-electron chi connectivity index (χ0n) is 22.6. The third-order valence-electron chi connectivity index (χ3n) is 9.54. The van der Waals surface area contributed by atoms with E-state index >= 15 is 0 Å². The smallest absolute Gasteiger partial charge is 0.209 e. The van der Waals surface area contributed by atoms with Crippen molar-refractivity contribution in [2.24, 2.45) is 22.7 Å². The maximum absolute atomic E-state index is 14.1. The van der Waals surface area contributed by atoms with Crippen molar-refractivity contribution >= 4 is 17.3 Å². The molecular weight excluding hydrogens is 488 g/mol. The Kier molecular flexibility index (Phi) is 6.32. The molecule has 0 saturated carbocycles. The minimum absolute atomic E-state index is 0.0636. The number of aliphatic hydroxyl groups is 4. The molecule has 4 rings (SSSR count). The number of aliphatic hydroxyl groups excluding tert-OH is 3. The molecule has 5 N–H and O–H groups in total. The van der Waals surface area contributed by atoms with E-state index in [1.165, 1.54) is 6.92 Å². The largest absolute Gasteiger partial charge is 0.511 e. The predicted octanol–water partition coefficient (Wildman–Crippen LogP) is 4.00. The highest BCUT2D eigenvalue weighted by Crippen LogP contribution is 2.67. The lowest BCUT2D eigenvalue weighted by atomic mass is 9.41. The zero-order valence-corrected chi connectivity index (χ0v) is 22.6. The molecule has 1 aromatic rings. The molecule has 1 aromatic carbocycles. The van der Waals surface area contributed by atoms with E-state index in [0.717, 1.165) is 6.92 Å². The minimum Gasteiger partial charge on any atom is -0.511 e. The first-order valence-corrected chi connectivity index (χ1v) is 12.9. The monoisotopic (exact) mass is 524 g/mol. The van der Waals surface area contributed by atoms with Crippen molar-refractivity contribution in [3.63, 3.8) is 0 Å². The zero-order chi connectivity index (χ0) is 28.7. The van der Waals surface area contributed by atoms with E-state index in [-0.39, 0.29) is 16.9 Å². The number of allylic oxidation sites excluding steroid dienone is 2. The Morgan fingerprint density at radius 2 is 1.76 bits per heavy atom. The van der Waals surface area contributed by atoms with Crippen molar-refractivity contribution in [3.05, 3.63) is 64.1 Å². The molecule has 38 heavy (non-hydrogen) atoms. The predicted molar refractivity (Wildman–Crippen MR) is 140 cm³/mol. The number of hydrogen-bond donors (Lipinski definition) is 5. The summed E-state index contributed by atoms with van der Waals surface area (Å²) < 4.78 is 0.